The zero-order chi connectivity index (χ0) is 13.0. The number of hydrogen-bond acceptors (Lipinski definition) is 2. The molecule has 4 heteroatoms. The van der Waals surface area contributed by atoms with Gasteiger partial charge in [-0.3, -0.25) is 0 Å². The van der Waals surface area contributed by atoms with E-state index in [1.807, 2.05) is 6.07 Å². The van der Waals surface area contributed by atoms with Crippen LogP contribution in [0.3, 0.4) is 0 Å². The first-order valence-electron chi connectivity index (χ1n) is 5.83. The third-order valence-corrected chi connectivity index (χ3v) is 4.71. The molecule has 1 heterocycles. The van der Waals surface area contributed by atoms with Crippen molar-refractivity contribution in [2.45, 2.75) is 25.9 Å². The molecule has 0 amide bonds. The molecule has 18 heavy (non-hydrogen) atoms. The lowest BCUT2D eigenvalue weighted by atomic mass is 10.1. The first-order valence-corrected chi connectivity index (χ1v) is 7.95. The summed E-state index contributed by atoms with van der Waals surface area (Å²) >= 11 is 11.2. The Morgan fingerprint density at radius 2 is 2.17 bits per heavy atom. The second-order valence-electron chi connectivity index (χ2n) is 4.37. The fraction of sp³-hybridized carbons (Fsp3) is 0.286. The van der Waals surface area contributed by atoms with E-state index in [1.165, 1.54) is 11.1 Å². The van der Waals surface area contributed by atoms with Gasteiger partial charge in [-0.05, 0) is 69.4 Å². The molecular formula is C14H15BrClNS. The van der Waals surface area contributed by atoms with Gasteiger partial charge in [0.15, 0.2) is 0 Å². The Hall–Kier alpha value is -0.350. The summed E-state index contributed by atoms with van der Waals surface area (Å²) in [5.74, 6) is 0. The number of halogens is 2. The average molecular weight is 345 g/mol. The SMILES string of the molecule is CC(Cc1ccsc1)NCc1ccc(Cl)c(Br)c1. The van der Waals surface area contributed by atoms with Crippen LogP contribution < -0.4 is 5.32 Å². The minimum Gasteiger partial charge on any atom is -0.310 e. The van der Waals surface area contributed by atoms with Crippen LogP contribution in [0, 0.1) is 0 Å². The van der Waals surface area contributed by atoms with E-state index in [0.29, 0.717) is 6.04 Å². The number of rotatable bonds is 5. The largest absolute Gasteiger partial charge is 0.310 e. The van der Waals surface area contributed by atoms with Crippen LogP contribution in [0.2, 0.25) is 5.02 Å². The van der Waals surface area contributed by atoms with Crippen molar-refractivity contribution < 1.29 is 0 Å². The van der Waals surface area contributed by atoms with Crippen molar-refractivity contribution in [1.82, 2.24) is 5.32 Å². The lowest BCUT2D eigenvalue weighted by Gasteiger charge is -2.13. The summed E-state index contributed by atoms with van der Waals surface area (Å²) in [7, 11) is 0. The van der Waals surface area contributed by atoms with Crippen molar-refractivity contribution >= 4 is 38.9 Å². The average Bonchev–Trinajstić information content (AvgIpc) is 2.83. The van der Waals surface area contributed by atoms with E-state index in [4.69, 9.17) is 11.6 Å². The fourth-order valence-corrected chi connectivity index (χ4v) is 3.00. The topological polar surface area (TPSA) is 12.0 Å². The first kappa shape index (κ1) is 14.1. The molecule has 0 bridgehead atoms. The van der Waals surface area contributed by atoms with Gasteiger partial charge in [0.2, 0.25) is 0 Å². The Balaban J connectivity index is 1.85. The molecule has 2 rings (SSSR count). The van der Waals surface area contributed by atoms with Crippen LogP contribution >= 0.6 is 38.9 Å². The molecule has 96 valence electrons. The molecule has 1 unspecified atom stereocenters. The summed E-state index contributed by atoms with van der Waals surface area (Å²) in [5, 5.41) is 8.61. The van der Waals surface area contributed by atoms with Gasteiger partial charge in [-0.2, -0.15) is 11.3 Å². The molecule has 1 nitrogen and oxygen atoms in total. The van der Waals surface area contributed by atoms with E-state index in [-0.39, 0.29) is 0 Å². The molecule has 1 aromatic heterocycles. The minimum atomic E-state index is 0.467. The van der Waals surface area contributed by atoms with E-state index in [0.717, 1.165) is 22.5 Å². The molecule has 0 radical (unpaired) electrons. The number of hydrogen-bond donors (Lipinski definition) is 1. The van der Waals surface area contributed by atoms with Crippen molar-refractivity contribution in [2.24, 2.45) is 0 Å². The van der Waals surface area contributed by atoms with Crippen molar-refractivity contribution in [2.75, 3.05) is 0 Å². The highest BCUT2D eigenvalue weighted by Gasteiger charge is 2.04. The van der Waals surface area contributed by atoms with Crippen LogP contribution in [0.1, 0.15) is 18.1 Å². The van der Waals surface area contributed by atoms with Gasteiger partial charge in [0.25, 0.3) is 0 Å². The quantitative estimate of drug-likeness (QED) is 0.814. The van der Waals surface area contributed by atoms with Crippen LogP contribution in [0.25, 0.3) is 0 Å². The molecule has 1 aromatic carbocycles. The highest BCUT2D eigenvalue weighted by Crippen LogP contribution is 2.23. The van der Waals surface area contributed by atoms with Gasteiger partial charge in [-0.15, -0.1) is 0 Å². The molecule has 0 fully saturated rings. The summed E-state index contributed by atoms with van der Waals surface area (Å²) in [6.45, 7) is 3.07. The summed E-state index contributed by atoms with van der Waals surface area (Å²) in [4.78, 5) is 0. The van der Waals surface area contributed by atoms with Crippen molar-refractivity contribution in [3.63, 3.8) is 0 Å². The van der Waals surface area contributed by atoms with Crippen molar-refractivity contribution in [3.05, 3.63) is 55.6 Å². The molecule has 0 aliphatic rings. The Bertz CT molecular complexity index is 499. The summed E-state index contributed by atoms with van der Waals surface area (Å²) in [6, 6.07) is 8.69. The Labute approximate surface area is 125 Å². The summed E-state index contributed by atoms with van der Waals surface area (Å²) < 4.78 is 0.953. The molecule has 0 saturated carbocycles. The molecule has 1 N–H and O–H groups in total. The molecule has 0 spiro atoms. The van der Waals surface area contributed by atoms with Crippen LogP contribution in [-0.2, 0) is 13.0 Å². The van der Waals surface area contributed by atoms with E-state index >= 15 is 0 Å². The molecule has 0 aliphatic heterocycles. The third-order valence-electron chi connectivity index (χ3n) is 2.76. The number of benzene rings is 1. The summed E-state index contributed by atoms with van der Waals surface area (Å²) in [5.41, 5.74) is 2.64. The lowest BCUT2D eigenvalue weighted by Crippen LogP contribution is -2.27. The highest BCUT2D eigenvalue weighted by atomic mass is 79.9. The lowest BCUT2D eigenvalue weighted by molar-refractivity contribution is 0.546. The molecule has 0 saturated heterocycles. The second kappa shape index (κ2) is 6.71. The standard InChI is InChI=1S/C14H15BrClNS/c1-10(6-12-4-5-18-9-12)17-8-11-2-3-14(16)13(15)7-11/h2-5,7,9-10,17H,6,8H2,1H3. The van der Waals surface area contributed by atoms with E-state index < -0.39 is 0 Å². The smallest absolute Gasteiger partial charge is 0.0548 e. The van der Waals surface area contributed by atoms with E-state index in [2.05, 4.69) is 57.1 Å². The fourth-order valence-electron chi connectivity index (χ4n) is 1.78. The minimum absolute atomic E-state index is 0.467. The number of thiophene rings is 1. The Morgan fingerprint density at radius 1 is 1.33 bits per heavy atom. The predicted octanol–water partition coefficient (Wildman–Crippen LogP) is 4.88. The van der Waals surface area contributed by atoms with Crippen LogP contribution in [0.4, 0.5) is 0 Å². The zero-order valence-electron chi connectivity index (χ0n) is 10.1. The van der Waals surface area contributed by atoms with E-state index in [1.54, 1.807) is 11.3 Å². The van der Waals surface area contributed by atoms with E-state index in [9.17, 15) is 0 Å². The predicted molar refractivity (Wildman–Crippen MR) is 83.5 cm³/mol. The third kappa shape index (κ3) is 4.09. The maximum atomic E-state index is 5.97. The van der Waals surface area contributed by atoms with Crippen LogP contribution in [-0.4, -0.2) is 6.04 Å². The first-order chi connectivity index (χ1) is 8.65. The maximum absolute atomic E-state index is 5.97. The number of nitrogens with one attached hydrogen (secondary N) is 1. The highest BCUT2D eigenvalue weighted by molar-refractivity contribution is 9.10. The van der Waals surface area contributed by atoms with Gasteiger partial charge in [-0.25, -0.2) is 0 Å². The Morgan fingerprint density at radius 3 is 2.83 bits per heavy atom. The second-order valence-corrected chi connectivity index (χ2v) is 6.41. The monoisotopic (exact) mass is 343 g/mol. The van der Waals surface area contributed by atoms with Gasteiger partial charge in [0.05, 0.1) is 5.02 Å². The summed E-state index contributed by atoms with van der Waals surface area (Å²) in [6.07, 6.45) is 1.07. The van der Waals surface area contributed by atoms with Gasteiger partial charge >= 0.3 is 0 Å². The maximum Gasteiger partial charge on any atom is 0.0548 e. The zero-order valence-corrected chi connectivity index (χ0v) is 13.3. The normalized spacial score (nSPS) is 12.6. The van der Waals surface area contributed by atoms with Gasteiger partial charge in [-0.1, -0.05) is 17.7 Å². The van der Waals surface area contributed by atoms with Crippen LogP contribution in [0.5, 0.6) is 0 Å². The van der Waals surface area contributed by atoms with Gasteiger partial charge in [0, 0.05) is 17.1 Å². The molecular weight excluding hydrogens is 330 g/mol. The van der Waals surface area contributed by atoms with Crippen molar-refractivity contribution in [1.29, 1.82) is 0 Å². The van der Waals surface area contributed by atoms with Crippen molar-refractivity contribution in [3.8, 4) is 0 Å². The van der Waals surface area contributed by atoms with Gasteiger partial charge in [0.1, 0.15) is 0 Å². The van der Waals surface area contributed by atoms with Crippen LogP contribution in [0.15, 0.2) is 39.5 Å². The Kier molecular flexibility index (Phi) is 5.25. The van der Waals surface area contributed by atoms with Gasteiger partial charge < -0.3 is 5.32 Å². The molecule has 2 aromatic rings. The molecule has 0 aliphatic carbocycles. The molecule has 1 atom stereocenters.